The smallest absolute Gasteiger partial charge is 0.334 e. The Hall–Kier alpha value is -3.47. The Morgan fingerprint density at radius 2 is 1.71 bits per heavy atom. The Morgan fingerprint density at radius 1 is 1.00 bits per heavy atom. The minimum absolute atomic E-state index is 0.0634. The van der Waals surface area contributed by atoms with Gasteiger partial charge < -0.3 is 15.5 Å². The van der Waals surface area contributed by atoms with E-state index in [2.05, 4.69) is 20.8 Å². The van der Waals surface area contributed by atoms with E-state index in [1.54, 1.807) is 4.90 Å². The lowest BCUT2D eigenvalue weighted by Gasteiger charge is -2.22. The number of nitrogens with zero attached hydrogens (tertiary/aromatic N) is 3. The van der Waals surface area contributed by atoms with Crippen LogP contribution in [0.3, 0.4) is 0 Å². The number of alkyl halides is 3. The summed E-state index contributed by atoms with van der Waals surface area (Å²) in [5.74, 6) is -0.341. The lowest BCUT2D eigenvalue weighted by molar-refractivity contribution is -0.137. The van der Waals surface area contributed by atoms with Crippen LogP contribution in [0.25, 0.3) is 10.6 Å². The largest absolute Gasteiger partial charge is 0.416 e. The maximum Gasteiger partial charge on any atom is 0.416 e. The summed E-state index contributed by atoms with van der Waals surface area (Å²) in [6.07, 6.45) is -3.61. The van der Waals surface area contributed by atoms with Gasteiger partial charge in [-0.15, -0.1) is 10.2 Å². The number of aromatic nitrogens is 2. The molecule has 0 spiro atoms. The number of benzene rings is 2. The normalized spacial score (nSPS) is 11.2. The quantitative estimate of drug-likeness (QED) is 0.432. The number of anilines is 1. The van der Waals surface area contributed by atoms with Gasteiger partial charge in [-0.1, -0.05) is 60.7 Å². The lowest BCUT2D eigenvalue weighted by Crippen LogP contribution is -2.41. The van der Waals surface area contributed by atoms with Crippen LogP contribution in [0.15, 0.2) is 54.6 Å². The molecule has 2 N–H and O–H groups in total. The summed E-state index contributed by atoms with van der Waals surface area (Å²) >= 11 is 1.06. The van der Waals surface area contributed by atoms with Crippen LogP contribution in [-0.2, 0) is 17.5 Å². The average Bonchev–Trinajstić information content (AvgIpc) is 3.28. The van der Waals surface area contributed by atoms with Crippen molar-refractivity contribution in [1.82, 2.24) is 20.4 Å². The molecule has 11 heteroatoms. The molecule has 3 aromatic rings. The van der Waals surface area contributed by atoms with Crippen molar-refractivity contribution in [3.63, 3.8) is 0 Å². The summed E-state index contributed by atoms with van der Waals surface area (Å²) < 4.78 is 38.2. The number of carbonyl (C=O) groups is 2. The zero-order valence-electron chi connectivity index (χ0n) is 18.4. The van der Waals surface area contributed by atoms with E-state index < -0.39 is 11.7 Å². The summed E-state index contributed by atoms with van der Waals surface area (Å²) in [4.78, 5) is 26.5. The van der Waals surface area contributed by atoms with Crippen LogP contribution in [0.1, 0.15) is 30.9 Å². The van der Waals surface area contributed by atoms with E-state index in [4.69, 9.17) is 0 Å². The first-order valence-electron chi connectivity index (χ1n) is 10.6. The van der Waals surface area contributed by atoms with Crippen molar-refractivity contribution >= 4 is 28.4 Å². The number of hydrogen-bond acceptors (Lipinski definition) is 5. The van der Waals surface area contributed by atoms with Crippen molar-refractivity contribution in [2.75, 3.05) is 18.4 Å². The van der Waals surface area contributed by atoms with E-state index in [0.29, 0.717) is 23.7 Å². The zero-order valence-corrected chi connectivity index (χ0v) is 19.2. The van der Waals surface area contributed by atoms with Crippen LogP contribution < -0.4 is 10.6 Å². The predicted octanol–water partition coefficient (Wildman–Crippen LogP) is 5.17. The minimum Gasteiger partial charge on any atom is -0.334 e. The number of nitrogens with one attached hydrogen (secondary N) is 2. The molecule has 2 aromatic carbocycles. The van der Waals surface area contributed by atoms with Crippen molar-refractivity contribution in [3.05, 3.63) is 65.7 Å². The first-order chi connectivity index (χ1) is 16.3. The fourth-order valence-electron chi connectivity index (χ4n) is 3.08. The van der Waals surface area contributed by atoms with Crippen molar-refractivity contribution in [2.24, 2.45) is 0 Å². The van der Waals surface area contributed by atoms with Gasteiger partial charge in [0.1, 0.15) is 5.01 Å². The summed E-state index contributed by atoms with van der Waals surface area (Å²) in [5.41, 5.74) is 0.694. The Morgan fingerprint density at radius 3 is 2.35 bits per heavy atom. The maximum absolute atomic E-state index is 12.7. The average molecular weight is 492 g/mol. The van der Waals surface area contributed by atoms with E-state index in [0.717, 1.165) is 35.5 Å². The standard InChI is InChI=1S/C23H24F3N5O2S/c1-2-13-31(22(33)27-15-16-6-4-3-5-7-16)14-12-19(32)28-21-30-29-20(34-21)17-8-10-18(11-9-17)23(24,25)26/h3-11H,2,12-15H2,1H3,(H,27,33)(H,28,30,32). The third-order valence-electron chi connectivity index (χ3n) is 4.81. The third kappa shape index (κ3) is 7.27. The number of hydrogen-bond donors (Lipinski definition) is 2. The Balaban J connectivity index is 1.51. The second kappa shape index (κ2) is 11.6. The van der Waals surface area contributed by atoms with E-state index in [1.807, 2.05) is 37.3 Å². The van der Waals surface area contributed by atoms with Gasteiger partial charge in [0.25, 0.3) is 0 Å². The van der Waals surface area contributed by atoms with Gasteiger partial charge >= 0.3 is 12.2 Å². The van der Waals surface area contributed by atoms with Crippen molar-refractivity contribution in [2.45, 2.75) is 32.5 Å². The number of halogens is 3. The molecule has 0 saturated heterocycles. The lowest BCUT2D eigenvalue weighted by atomic mass is 10.1. The second-order valence-electron chi connectivity index (χ2n) is 7.42. The van der Waals surface area contributed by atoms with E-state index in [9.17, 15) is 22.8 Å². The molecular formula is C23H24F3N5O2S. The molecule has 0 radical (unpaired) electrons. The summed E-state index contributed by atoms with van der Waals surface area (Å²) in [6, 6.07) is 13.8. The first kappa shape index (κ1) is 25.2. The third-order valence-corrected chi connectivity index (χ3v) is 5.69. The van der Waals surface area contributed by atoms with E-state index >= 15 is 0 Å². The Labute approximate surface area is 199 Å². The highest BCUT2D eigenvalue weighted by Crippen LogP contribution is 2.32. The molecule has 0 aliphatic carbocycles. The molecule has 0 fully saturated rings. The highest BCUT2D eigenvalue weighted by molar-refractivity contribution is 7.18. The number of carbonyl (C=O) groups excluding carboxylic acids is 2. The van der Waals surface area contributed by atoms with Crippen LogP contribution in [0.5, 0.6) is 0 Å². The van der Waals surface area contributed by atoms with E-state index in [1.165, 1.54) is 12.1 Å². The molecule has 180 valence electrons. The van der Waals surface area contributed by atoms with Crippen molar-refractivity contribution in [3.8, 4) is 10.6 Å². The Kier molecular flexibility index (Phi) is 8.58. The van der Waals surface area contributed by atoms with Crippen LogP contribution in [0, 0.1) is 0 Å². The summed E-state index contributed by atoms with van der Waals surface area (Å²) in [6.45, 7) is 3.07. The second-order valence-corrected chi connectivity index (χ2v) is 8.39. The van der Waals surface area contributed by atoms with Gasteiger partial charge in [0, 0.05) is 31.6 Å². The number of rotatable bonds is 9. The number of amides is 3. The fraction of sp³-hybridized carbons (Fsp3) is 0.304. The van der Waals surface area contributed by atoms with Crippen LogP contribution in [0.2, 0.25) is 0 Å². The molecule has 0 atom stereocenters. The highest BCUT2D eigenvalue weighted by Gasteiger charge is 2.30. The molecule has 0 aliphatic heterocycles. The van der Waals surface area contributed by atoms with Crippen LogP contribution in [-0.4, -0.2) is 40.1 Å². The monoisotopic (exact) mass is 491 g/mol. The maximum atomic E-state index is 12.7. The molecule has 7 nitrogen and oxygen atoms in total. The van der Waals surface area contributed by atoms with Crippen molar-refractivity contribution in [1.29, 1.82) is 0 Å². The molecule has 0 bridgehead atoms. The van der Waals surface area contributed by atoms with Crippen LogP contribution in [0.4, 0.5) is 23.1 Å². The molecule has 1 aromatic heterocycles. The van der Waals surface area contributed by atoms with Gasteiger partial charge in [-0.05, 0) is 24.1 Å². The van der Waals surface area contributed by atoms with Gasteiger partial charge in [-0.25, -0.2) is 4.79 Å². The molecule has 34 heavy (non-hydrogen) atoms. The molecular weight excluding hydrogens is 467 g/mol. The SMILES string of the molecule is CCCN(CCC(=O)Nc1nnc(-c2ccc(C(F)(F)F)cc2)s1)C(=O)NCc1ccccc1. The molecule has 1 heterocycles. The van der Waals surface area contributed by atoms with Gasteiger partial charge in [0.2, 0.25) is 11.0 Å². The zero-order chi connectivity index (χ0) is 24.6. The summed E-state index contributed by atoms with van der Waals surface area (Å²) in [5, 5.41) is 13.9. The van der Waals surface area contributed by atoms with Gasteiger partial charge in [-0.3, -0.25) is 4.79 Å². The Bertz CT molecular complexity index is 1090. The number of urea groups is 1. The van der Waals surface area contributed by atoms with Gasteiger partial charge in [0.05, 0.1) is 5.56 Å². The molecule has 0 unspecified atom stereocenters. The van der Waals surface area contributed by atoms with Crippen molar-refractivity contribution < 1.29 is 22.8 Å². The fourth-order valence-corrected chi connectivity index (χ4v) is 3.85. The topological polar surface area (TPSA) is 87.2 Å². The highest BCUT2D eigenvalue weighted by atomic mass is 32.1. The molecule has 3 amide bonds. The van der Waals surface area contributed by atoms with Crippen LogP contribution >= 0.6 is 11.3 Å². The molecule has 3 rings (SSSR count). The van der Waals surface area contributed by atoms with E-state index in [-0.39, 0.29) is 30.0 Å². The minimum atomic E-state index is -4.41. The van der Waals surface area contributed by atoms with Gasteiger partial charge in [-0.2, -0.15) is 13.2 Å². The first-order valence-corrected chi connectivity index (χ1v) is 11.5. The van der Waals surface area contributed by atoms with Gasteiger partial charge in [0.15, 0.2) is 0 Å². The molecule has 0 saturated carbocycles. The summed E-state index contributed by atoms with van der Waals surface area (Å²) in [7, 11) is 0. The molecule has 0 aliphatic rings. The predicted molar refractivity (Wildman–Crippen MR) is 124 cm³/mol.